The number of hydrogen-bond acceptors (Lipinski definition) is 5. The fraction of sp³-hybridized carbons (Fsp3) is 0.103. The Bertz CT molecular complexity index is 1590. The largest absolute Gasteiger partial charge is 0.507 e. The molecule has 0 radical (unpaired) electrons. The number of fused-ring (bicyclic) bond motifs is 1. The van der Waals surface area contributed by atoms with Crippen molar-refractivity contribution in [3.63, 3.8) is 0 Å². The SMILES string of the molecule is COc1cccc(N2C(=O)C(=O)/C(=C(/O)c3cc(Cl)cc(Cl)c3OC)C2c2cccc3ccccc23)c1. The highest BCUT2D eigenvalue weighted by Crippen LogP contribution is 2.46. The molecule has 1 unspecified atom stereocenters. The van der Waals surface area contributed by atoms with Gasteiger partial charge >= 0.3 is 0 Å². The number of ketones is 1. The Kier molecular flexibility index (Phi) is 6.54. The molecule has 1 amide bonds. The number of hydrogen-bond donors (Lipinski definition) is 1. The molecular weight excluding hydrogens is 513 g/mol. The van der Waals surface area contributed by atoms with Crippen molar-refractivity contribution in [2.45, 2.75) is 6.04 Å². The lowest BCUT2D eigenvalue weighted by molar-refractivity contribution is -0.132. The van der Waals surface area contributed by atoms with Gasteiger partial charge in [-0.05, 0) is 40.6 Å². The average Bonchev–Trinajstić information content (AvgIpc) is 3.17. The summed E-state index contributed by atoms with van der Waals surface area (Å²) < 4.78 is 10.8. The number of Topliss-reactive ketones (excluding diaryl/α,β-unsaturated/α-hetero) is 1. The van der Waals surface area contributed by atoms with Gasteiger partial charge in [0, 0.05) is 16.8 Å². The van der Waals surface area contributed by atoms with E-state index >= 15 is 0 Å². The summed E-state index contributed by atoms with van der Waals surface area (Å²) in [4.78, 5) is 28.5. The van der Waals surface area contributed by atoms with Gasteiger partial charge in [0.15, 0.2) is 0 Å². The molecule has 8 heteroatoms. The summed E-state index contributed by atoms with van der Waals surface area (Å²) in [5.74, 6) is -1.44. The van der Waals surface area contributed by atoms with Crippen molar-refractivity contribution >= 4 is 57.1 Å². The number of carbonyl (C=O) groups excluding carboxylic acids is 2. The van der Waals surface area contributed by atoms with Gasteiger partial charge in [-0.2, -0.15) is 0 Å². The van der Waals surface area contributed by atoms with Crippen LogP contribution in [0.15, 0.2) is 84.4 Å². The molecule has 1 N–H and O–H groups in total. The van der Waals surface area contributed by atoms with Gasteiger partial charge in [0.1, 0.15) is 17.3 Å². The van der Waals surface area contributed by atoms with Crippen molar-refractivity contribution in [2.24, 2.45) is 0 Å². The van der Waals surface area contributed by atoms with Crippen LogP contribution < -0.4 is 14.4 Å². The fourth-order valence-electron chi connectivity index (χ4n) is 4.73. The third kappa shape index (κ3) is 4.18. The van der Waals surface area contributed by atoms with Crippen molar-refractivity contribution in [1.82, 2.24) is 0 Å². The summed E-state index contributed by atoms with van der Waals surface area (Å²) in [6.07, 6.45) is 0. The number of halogens is 2. The molecule has 37 heavy (non-hydrogen) atoms. The lowest BCUT2D eigenvalue weighted by Gasteiger charge is -2.27. The lowest BCUT2D eigenvalue weighted by atomic mass is 9.91. The van der Waals surface area contributed by atoms with Gasteiger partial charge < -0.3 is 14.6 Å². The van der Waals surface area contributed by atoms with Crippen LogP contribution in [0, 0.1) is 0 Å². The van der Waals surface area contributed by atoms with Crippen molar-refractivity contribution < 1.29 is 24.2 Å². The van der Waals surface area contributed by atoms with Crippen LogP contribution in [0.2, 0.25) is 10.0 Å². The normalized spacial score (nSPS) is 16.9. The van der Waals surface area contributed by atoms with Gasteiger partial charge in [-0.1, -0.05) is 71.7 Å². The van der Waals surface area contributed by atoms with Gasteiger partial charge in [-0.15, -0.1) is 0 Å². The maximum atomic E-state index is 13.6. The van der Waals surface area contributed by atoms with Crippen molar-refractivity contribution in [1.29, 1.82) is 0 Å². The predicted molar refractivity (Wildman–Crippen MR) is 145 cm³/mol. The van der Waals surface area contributed by atoms with E-state index in [4.69, 9.17) is 32.7 Å². The van der Waals surface area contributed by atoms with Crippen LogP contribution >= 0.6 is 23.2 Å². The molecule has 0 bridgehead atoms. The fourth-order valence-corrected chi connectivity index (χ4v) is 5.30. The Labute approximate surface area is 223 Å². The van der Waals surface area contributed by atoms with E-state index in [0.717, 1.165) is 10.8 Å². The summed E-state index contributed by atoms with van der Waals surface area (Å²) in [5, 5.41) is 13.7. The first-order valence-electron chi connectivity index (χ1n) is 11.3. The number of nitrogens with zero attached hydrogens (tertiary/aromatic N) is 1. The Hall–Kier alpha value is -4.00. The second-order valence-corrected chi connectivity index (χ2v) is 9.25. The topological polar surface area (TPSA) is 76.1 Å². The number of aliphatic hydroxyl groups excluding tert-OH is 1. The van der Waals surface area contributed by atoms with Gasteiger partial charge in [-0.3, -0.25) is 14.5 Å². The molecule has 0 aliphatic carbocycles. The predicted octanol–water partition coefficient (Wildman–Crippen LogP) is 6.79. The number of amides is 1. The molecule has 6 nitrogen and oxygen atoms in total. The van der Waals surface area contributed by atoms with Crippen molar-refractivity contribution in [2.75, 3.05) is 19.1 Å². The highest BCUT2D eigenvalue weighted by molar-refractivity contribution is 6.52. The maximum absolute atomic E-state index is 13.6. The van der Waals surface area contributed by atoms with Crippen LogP contribution in [0.4, 0.5) is 5.69 Å². The minimum absolute atomic E-state index is 0.105. The third-order valence-corrected chi connectivity index (χ3v) is 6.86. The molecule has 1 aliphatic rings. The van der Waals surface area contributed by atoms with Crippen LogP contribution in [0.25, 0.3) is 16.5 Å². The van der Waals surface area contributed by atoms with Gasteiger partial charge in [0.2, 0.25) is 0 Å². The Morgan fingerprint density at radius 1 is 0.892 bits per heavy atom. The molecule has 0 spiro atoms. The monoisotopic (exact) mass is 533 g/mol. The number of carbonyl (C=O) groups is 2. The summed E-state index contributed by atoms with van der Waals surface area (Å²) in [6.45, 7) is 0. The minimum Gasteiger partial charge on any atom is -0.507 e. The molecule has 4 aromatic carbocycles. The zero-order valence-corrected chi connectivity index (χ0v) is 21.4. The number of anilines is 1. The van der Waals surface area contributed by atoms with E-state index in [1.54, 1.807) is 24.3 Å². The number of rotatable bonds is 5. The third-order valence-electron chi connectivity index (χ3n) is 6.36. The average molecular weight is 534 g/mol. The quantitative estimate of drug-likeness (QED) is 0.173. The van der Waals surface area contributed by atoms with E-state index in [0.29, 0.717) is 17.0 Å². The van der Waals surface area contributed by atoms with E-state index in [1.807, 2.05) is 42.5 Å². The van der Waals surface area contributed by atoms with Crippen LogP contribution in [-0.2, 0) is 9.59 Å². The summed E-state index contributed by atoms with van der Waals surface area (Å²) in [6, 6.07) is 22.1. The standard InChI is InChI=1S/C29H21Cl2NO5/c1-36-19-10-6-9-18(15-19)32-25(21-12-5-8-16-7-3-4-11-20(16)21)24(27(34)29(32)35)26(33)22-13-17(30)14-23(31)28(22)37-2/h3-15,25,33H,1-2H3/b26-24+. The van der Waals surface area contributed by atoms with Crippen molar-refractivity contribution in [3.05, 3.63) is 106 Å². The van der Waals surface area contributed by atoms with Gasteiger partial charge in [0.05, 0.1) is 36.4 Å². The molecule has 1 atom stereocenters. The van der Waals surface area contributed by atoms with Gasteiger partial charge in [0.25, 0.3) is 11.7 Å². The second kappa shape index (κ2) is 9.81. The highest BCUT2D eigenvalue weighted by Gasteiger charge is 2.47. The first-order chi connectivity index (χ1) is 17.8. The summed E-state index contributed by atoms with van der Waals surface area (Å²) in [7, 11) is 2.91. The van der Waals surface area contributed by atoms with Gasteiger partial charge in [-0.25, -0.2) is 0 Å². The molecule has 1 fully saturated rings. The molecule has 4 aromatic rings. The molecular formula is C29H21Cl2NO5. The number of benzene rings is 4. The van der Waals surface area contributed by atoms with Crippen LogP contribution in [-0.4, -0.2) is 31.0 Å². The Morgan fingerprint density at radius 3 is 2.38 bits per heavy atom. The van der Waals surface area contributed by atoms with Crippen LogP contribution in [0.1, 0.15) is 17.2 Å². The first kappa shape index (κ1) is 24.7. The van der Waals surface area contributed by atoms with E-state index in [9.17, 15) is 14.7 Å². The first-order valence-corrected chi connectivity index (χ1v) is 12.1. The van der Waals surface area contributed by atoms with Crippen LogP contribution in [0.3, 0.4) is 0 Å². The lowest BCUT2D eigenvalue weighted by Crippen LogP contribution is -2.29. The van der Waals surface area contributed by atoms with E-state index in [1.165, 1.54) is 31.3 Å². The highest BCUT2D eigenvalue weighted by atomic mass is 35.5. The zero-order chi connectivity index (χ0) is 26.3. The smallest absolute Gasteiger partial charge is 0.300 e. The molecule has 5 rings (SSSR count). The van der Waals surface area contributed by atoms with E-state index in [-0.39, 0.29) is 26.9 Å². The number of aliphatic hydroxyl groups is 1. The Morgan fingerprint density at radius 2 is 1.62 bits per heavy atom. The van der Waals surface area contributed by atoms with Crippen molar-refractivity contribution in [3.8, 4) is 11.5 Å². The Balaban J connectivity index is 1.85. The summed E-state index contributed by atoms with van der Waals surface area (Å²) in [5.41, 5.74) is 1.10. The molecule has 0 aromatic heterocycles. The zero-order valence-electron chi connectivity index (χ0n) is 19.9. The second-order valence-electron chi connectivity index (χ2n) is 8.41. The molecule has 186 valence electrons. The summed E-state index contributed by atoms with van der Waals surface area (Å²) >= 11 is 12.6. The molecule has 1 aliphatic heterocycles. The molecule has 1 heterocycles. The number of methoxy groups -OCH3 is 2. The number of ether oxygens (including phenoxy) is 2. The van der Waals surface area contributed by atoms with Crippen LogP contribution in [0.5, 0.6) is 11.5 Å². The van der Waals surface area contributed by atoms with E-state index < -0.39 is 23.5 Å². The van der Waals surface area contributed by atoms with E-state index in [2.05, 4.69) is 0 Å². The minimum atomic E-state index is -0.958. The molecule has 0 saturated carbocycles. The molecule has 1 saturated heterocycles. The maximum Gasteiger partial charge on any atom is 0.300 e.